The minimum Gasteiger partial charge on any atom is -0.307 e. The Kier molecular flexibility index (Phi) is 2.55. The van der Waals surface area contributed by atoms with Crippen molar-refractivity contribution in [3.8, 4) is 0 Å². The third-order valence-electron chi connectivity index (χ3n) is 4.21. The molecule has 0 aromatic carbocycles. The van der Waals surface area contributed by atoms with Gasteiger partial charge in [0.15, 0.2) is 0 Å². The first-order valence-corrected chi connectivity index (χ1v) is 7.23. The van der Waals surface area contributed by atoms with Crippen LogP contribution in [-0.4, -0.2) is 11.0 Å². The van der Waals surface area contributed by atoms with Crippen LogP contribution < -0.4 is 5.32 Å². The number of thiazole rings is 1. The summed E-state index contributed by atoms with van der Waals surface area (Å²) in [5.41, 5.74) is 1.91. The number of rotatable bonds is 5. The molecule has 2 aliphatic rings. The molecule has 1 heterocycles. The van der Waals surface area contributed by atoms with Gasteiger partial charge >= 0.3 is 0 Å². The largest absolute Gasteiger partial charge is 0.307 e. The van der Waals surface area contributed by atoms with Gasteiger partial charge in [0.1, 0.15) is 5.01 Å². The van der Waals surface area contributed by atoms with Gasteiger partial charge < -0.3 is 5.32 Å². The van der Waals surface area contributed by atoms with Gasteiger partial charge in [0.2, 0.25) is 0 Å². The predicted molar refractivity (Wildman–Crippen MR) is 67.7 cm³/mol. The highest BCUT2D eigenvalue weighted by Gasteiger charge is 2.42. The monoisotopic (exact) mass is 236 g/mol. The van der Waals surface area contributed by atoms with Crippen LogP contribution in [0.2, 0.25) is 0 Å². The highest BCUT2D eigenvalue weighted by molar-refractivity contribution is 7.09. The molecule has 2 saturated carbocycles. The number of nitrogens with zero attached hydrogens (tertiary/aromatic N) is 1. The first-order chi connectivity index (χ1) is 7.67. The van der Waals surface area contributed by atoms with Crippen molar-refractivity contribution in [2.45, 2.75) is 58.0 Å². The summed E-state index contributed by atoms with van der Waals surface area (Å²) in [7, 11) is 0. The maximum atomic E-state index is 4.70. The molecule has 1 N–H and O–H groups in total. The third-order valence-corrected chi connectivity index (χ3v) is 5.08. The van der Waals surface area contributed by atoms with Gasteiger partial charge in [-0.05, 0) is 38.0 Å². The molecule has 2 fully saturated rings. The zero-order valence-electron chi connectivity index (χ0n) is 10.1. The summed E-state index contributed by atoms with van der Waals surface area (Å²) < 4.78 is 0. The zero-order valence-corrected chi connectivity index (χ0v) is 10.9. The van der Waals surface area contributed by atoms with Crippen LogP contribution in [0.25, 0.3) is 0 Å². The topological polar surface area (TPSA) is 24.9 Å². The second-order valence-corrected chi connectivity index (χ2v) is 6.64. The zero-order chi connectivity index (χ0) is 11.2. The fraction of sp³-hybridized carbons (Fsp3) is 0.769. The number of hydrogen-bond acceptors (Lipinski definition) is 3. The Morgan fingerprint density at radius 1 is 1.56 bits per heavy atom. The standard InChI is InChI=1S/C13H20N2S/c1-9(13(2)5-6-13)14-7-12-15-11(8-16-12)10-3-4-10/h8-10,14H,3-7H2,1-2H3. The molecule has 1 atom stereocenters. The van der Waals surface area contributed by atoms with E-state index in [1.165, 1.54) is 36.4 Å². The molecular weight excluding hydrogens is 216 g/mol. The van der Waals surface area contributed by atoms with Crippen molar-refractivity contribution in [3.05, 3.63) is 16.1 Å². The summed E-state index contributed by atoms with van der Waals surface area (Å²) in [5.74, 6) is 0.795. The Labute approximate surface area is 101 Å². The van der Waals surface area contributed by atoms with Crippen molar-refractivity contribution in [2.75, 3.05) is 0 Å². The van der Waals surface area contributed by atoms with Gasteiger partial charge in [-0.1, -0.05) is 6.92 Å². The quantitative estimate of drug-likeness (QED) is 0.848. The molecule has 1 aromatic rings. The molecule has 88 valence electrons. The van der Waals surface area contributed by atoms with Crippen LogP contribution in [0.3, 0.4) is 0 Å². The van der Waals surface area contributed by atoms with Crippen molar-refractivity contribution in [1.82, 2.24) is 10.3 Å². The Morgan fingerprint density at radius 2 is 2.31 bits per heavy atom. The first-order valence-electron chi connectivity index (χ1n) is 6.35. The first kappa shape index (κ1) is 10.7. The average molecular weight is 236 g/mol. The minimum atomic E-state index is 0.566. The van der Waals surface area contributed by atoms with Crippen LogP contribution in [0.15, 0.2) is 5.38 Å². The van der Waals surface area contributed by atoms with Crippen molar-refractivity contribution in [2.24, 2.45) is 5.41 Å². The fourth-order valence-corrected chi connectivity index (χ4v) is 2.92. The van der Waals surface area contributed by atoms with Gasteiger partial charge in [-0.2, -0.15) is 0 Å². The second-order valence-electron chi connectivity index (χ2n) is 5.70. The fourth-order valence-electron chi connectivity index (χ4n) is 2.09. The van der Waals surface area contributed by atoms with Crippen molar-refractivity contribution in [1.29, 1.82) is 0 Å². The van der Waals surface area contributed by atoms with Gasteiger partial charge in [0, 0.05) is 23.9 Å². The lowest BCUT2D eigenvalue weighted by Gasteiger charge is -2.19. The van der Waals surface area contributed by atoms with Crippen molar-refractivity contribution in [3.63, 3.8) is 0 Å². The van der Waals surface area contributed by atoms with E-state index in [-0.39, 0.29) is 0 Å². The van der Waals surface area contributed by atoms with Crippen LogP contribution in [0.1, 0.15) is 56.2 Å². The van der Waals surface area contributed by atoms with Gasteiger partial charge in [-0.15, -0.1) is 11.3 Å². The molecule has 2 aliphatic carbocycles. The molecule has 16 heavy (non-hydrogen) atoms. The van der Waals surface area contributed by atoms with E-state index in [9.17, 15) is 0 Å². The lowest BCUT2D eigenvalue weighted by molar-refractivity contribution is 0.379. The van der Waals surface area contributed by atoms with Gasteiger partial charge in [0.25, 0.3) is 0 Å². The Hall–Kier alpha value is -0.410. The highest BCUT2D eigenvalue weighted by atomic mass is 32.1. The third kappa shape index (κ3) is 2.16. The van der Waals surface area contributed by atoms with Crippen molar-refractivity contribution >= 4 is 11.3 Å². The van der Waals surface area contributed by atoms with Gasteiger partial charge in [-0.25, -0.2) is 4.98 Å². The van der Waals surface area contributed by atoms with E-state index in [0.29, 0.717) is 11.5 Å². The number of aromatic nitrogens is 1. The molecule has 3 heteroatoms. The van der Waals surface area contributed by atoms with Crippen molar-refractivity contribution < 1.29 is 0 Å². The molecule has 3 rings (SSSR count). The van der Waals surface area contributed by atoms with Crippen LogP contribution in [-0.2, 0) is 6.54 Å². The summed E-state index contributed by atoms with van der Waals surface area (Å²) in [5, 5.41) is 7.13. The van der Waals surface area contributed by atoms with Gasteiger partial charge in [0.05, 0.1) is 5.69 Å². The van der Waals surface area contributed by atoms with E-state index in [1.54, 1.807) is 0 Å². The van der Waals surface area contributed by atoms with Crippen LogP contribution in [0.5, 0.6) is 0 Å². The molecule has 1 aromatic heterocycles. The van der Waals surface area contributed by atoms with E-state index in [4.69, 9.17) is 4.98 Å². The van der Waals surface area contributed by atoms with E-state index < -0.39 is 0 Å². The van der Waals surface area contributed by atoms with Crippen LogP contribution in [0.4, 0.5) is 0 Å². The van der Waals surface area contributed by atoms with Crippen LogP contribution >= 0.6 is 11.3 Å². The summed E-state index contributed by atoms with van der Waals surface area (Å²) in [6.45, 7) is 5.64. The molecule has 0 aliphatic heterocycles. The van der Waals surface area contributed by atoms with E-state index >= 15 is 0 Å². The Balaban J connectivity index is 1.53. The number of nitrogens with one attached hydrogen (secondary N) is 1. The maximum Gasteiger partial charge on any atom is 0.107 e. The molecule has 0 bridgehead atoms. The lowest BCUT2D eigenvalue weighted by Crippen LogP contribution is -2.32. The molecule has 0 spiro atoms. The van der Waals surface area contributed by atoms with E-state index in [2.05, 4.69) is 24.5 Å². The number of hydrogen-bond donors (Lipinski definition) is 1. The average Bonchev–Trinajstić information content (AvgIpc) is 3.19. The smallest absolute Gasteiger partial charge is 0.107 e. The Morgan fingerprint density at radius 3 is 2.94 bits per heavy atom. The SMILES string of the molecule is CC(NCc1nc(C2CC2)cs1)C1(C)CC1. The molecule has 0 radical (unpaired) electrons. The Bertz CT molecular complexity index is 377. The highest BCUT2D eigenvalue weighted by Crippen LogP contribution is 2.48. The van der Waals surface area contributed by atoms with Crippen LogP contribution in [0, 0.1) is 5.41 Å². The molecule has 2 nitrogen and oxygen atoms in total. The molecular formula is C13H20N2S. The molecule has 0 saturated heterocycles. The normalized spacial score (nSPS) is 24.4. The second kappa shape index (κ2) is 3.81. The molecule has 0 amide bonds. The van der Waals surface area contributed by atoms with Gasteiger partial charge in [-0.3, -0.25) is 0 Å². The maximum absolute atomic E-state index is 4.70. The lowest BCUT2D eigenvalue weighted by atomic mass is 10.0. The summed E-state index contributed by atoms with van der Waals surface area (Å²) in [6, 6.07) is 0.626. The molecule has 1 unspecified atom stereocenters. The predicted octanol–water partition coefficient (Wildman–Crippen LogP) is 3.30. The summed E-state index contributed by atoms with van der Waals surface area (Å²) >= 11 is 1.82. The summed E-state index contributed by atoms with van der Waals surface area (Å²) in [4.78, 5) is 4.70. The van der Waals surface area contributed by atoms with E-state index in [1.807, 2.05) is 11.3 Å². The summed E-state index contributed by atoms with van der Waals surface area (Å²) in [6.07, 6.45) is 5.47. The van der Waals surface area contributed by atoms with E-state index in [0.717, 1.165) is 12.5 Å². The minimum absolute atomic E-state index is 0.566.